The van der Waals surface area contributed by atoms with Gasteiger partial charge >= 0.3 is 0 Å². The number of alkyl halides is 1. The van der Waals surface area contributed by atoms with Crippen LogP contribution in [-0.2, 0) is 5.88 Å². The number of hydrogen-bond acceptors (Lipinski definition) is 3. The van der Waals surface area contributed by atoms with E-state index in [-0.39, 0.29) is 0 Å². The minimum absolute atomic E-state index is 0.311. The molecule has 0 aliphatic rings. The molecule has 6 heteroatoms. The van der Waals surface area contributed by atoms with Crippen LogP contribution in [0, 0.1) is 0 Å². The van der Waals surface area contributed by atoms with Crippen LogP contribution in [0.5, 0.6) is 11.6 Å². The van der Waals surface area contributed by atoms with Crippen molar-refractivity contribution in [1.29, 1.82) is 0 Å². The second kappa shape index (κ2) is 5.54. The van der Waals surface area contributed by atoms with E-state index in [0.717, 1.165) is 0 Å². The van der Waals surface area contributed by atoms with E-state index in [0.29, 0.717) is 33.2 Å². The van der Waals surface area contributed by atoms with Gasteiger partial charge in [0.1, 0.15) is 10.8 Å². The molecule has 88 valence electrons. The lowest BCUT2D eigenvalue weighted by molar-refractivity contribution is 0.454. The van der Waals surface area contributed by atoms with Crippen LogP contribution in [0.4, 0.5) is 0 Å². The summed E-state index contributed by atoms with van der Waals surface area (Å²) in [5, 5.41) is 8.49. The van der Waals surface area contributed by atoms with Crippen molar-refractivity contribution in [3.63, 3.8) is 0 Å². The molecular weight excluding hydrogens is 282 g/mol. The topological polar surface area (TPSA) is 35.0 Å². The Labute approximate surface area is 113 Å². The first-order chi connectivity index (χ1) is 8.20. The lowest BCUT2D eigenvalue weighted by Gasteiger charge is -2.06. The number of aromatic nitrogens is 2. The van der Waals surface area contributed by atoms with Crippen LogP contribution >= 0.6 is 34.8 Å². The molecule has 0 aliphatic carbocycles. The average molecular weight is 290 g/mol. The summed E-state index contributed by atoms with van der Waals surface area (Å²) in [7, 11) is 0. The standard InChI is InChI=1S/C11H7Cl3N2O/c12-6-7-4-5-10(16-15-7)17-9-3-1-2-8(13)11(9)14/h1-5H,6H2. The Morgan fingerprint density at radius 2 is 1.88 bits per heavy atom. The Hall–Kier alpha value is -1.03. The third-order valence-corrected chi connectivity index (χ3v) is 3.04. The molecular formula is C11H7Cl3N2O. The quantitative estimate of drug-likeness (QED) is 0.790. The lowest BCUT2D eigenvalue weighted by Crippen LogP contribution is -1.93. The van der Waals surface area contributed by atoms with Crippen molar-refractivity contribution in [3.05, 3.63) is 46.1 Å². The van der Waals surface area contributed by atoms with Crippen LogP contribution < -0.4 is 4.74 Å². The normalized spacial score (nSPS) is 10.3. The number of ether oxygens (including phenoxy) is 1. The van der Waals surface area contributed by atoms with Gasteiger partial charge < -0.3 is 4.74 Å². The number of benzene rings is 1. The van der Waals surface area contributed by atoms with Crippen LogP contribution in [0.1, 0.15) is 5.69 Å². The summed E-state index contributed by atoms with van der Waals surface area (Å²) in [6.07, 6.45) is 0. The second-order valence-electron chi connectivity index (χ2n) is 3.15. The van der Waals surface area contributed by atoms with Crippen LogP contribution in [-0.4, -0.2) is 10.2 Å². The molecule has 0 unspecified atom stereocenters. The highest BCUT2D eigenvalue weighted by atomic mass is 35.5. The Bertz CT molecular complexity index is 517. The van der Waals surface area contributed by atoms with Crippen LogP contribution in [0.3, 0.4) is 0 Å². The van der Waals surface area contributed by atoms with Gasteiger partial charge in [0, 0.05) is 6.07 Å². The van der Waals surface area contributed by atoms with Crippen LogP contribution in [0.15, 0.2) is 30.3 Å². The monoisotopic (exact) mass is 288 g/mol. The number of nitrogens with zero attached hydrogens (tertiary/aromatic N) is 2. The maximum absolute atomic E-state index is 5.98. The fourth-order valence-electron chi connectivity index (χ4n) is 1.15. The number of halogens is 3. The van der Waals surface area contributed by atoms with Gasteiger partial charge in [-0.25, -0.2) is 0 Å². The second-order valence-corrected chi connectivity index (χ2v) is 4.20. The van der Waals surface area contributed by atoms with Crippen molar-refractivity contribution >= 4 is 34.8 Å². The lowest BCUT2D eigenvalue weighted by atomic mass is 10.3. The van der Waals surface area contributed by atoms with E-state index in [9.17, 15) is 0 Å². The summed E-state index contributed by atoms with van der Waals surface area (Å²) < 4.78 is 5.46. The Morgan fingerprint density at radius 3 is 2.53 bits per heavy atom. The molecule has 0 N–H and O–H groups in total. The van der Waals surface area contributed by atoms with Crippen molar-refractivity contribution in [1.82, 2.24) is 10.2 Å². The molecule has 0 fully saturated rings. The summed E-state index contributed by atoms with van der Waals surface area (Å²) in [6.45, 7) is 0. The van der Waals surface area contributed by atoms with E-state index < -0.39 is 0 Å². The van der Waals surface area contributed by atoms with Gasteiger partial charge in [0.15, 0.2) is 0 Å². The molecule has 2 rings (SSSR count). The largest absolute Gasteiger partial charge is 0.436 e. The highest BCUT2D eigenvalue weighted by molar-refractivity contribution is 6.42. The fraction of sp³-hybridized carbons (Fsp3) is 0.0909. The first-order valence-electron chi connectivity index (χ1n) is 4.71. The SMILES string of the molecule is ClCc1ccc(Oc2cccc(Cl)c2Cl)nn1. The van der Waals surface area contributed by atoms with Gasteiger partial charge in [-0.1, -0.05) is 29.3 Å². The molecule has 1 aromatic heterocycles. The van der Waals surface area contributed by atoms with Gasteiger partial charge in [-0.05, 0) is 18.2 Å². The van der Waals surface area contributed by atoms with Gasteiger partial charge in [-0.3, -0.25) is 0 Å². The van der Waals surface area contributed by atoms with Crippen molar-refractivity contribution in [2.75, 3.05) is 0 Å². The maximum atomic E-state index is 5.98. The summed E-state index contributed by atoms with van der Waals surface area (Å²) in [4.78, 5) is 0. The van der Waals surface area contributed by atoms with Gasteiger partial charge in [-0.15, -0.1) is 16.7 Å². The first-order valence-corrected chi connectivity index (χ1v) is 6.00. The van der Waals surface area contributed by atoms with Crippen molar-refractivity contribution in [3.8, 4) is 11.6 Å². The Balaban J connectivity index is 2.22. The molecule has 0 saturated heterocycles. The molecule has 0 saturated carbocycles. The zero-order chi connectivity index (χ0) is 12.3. The zero-order valence-electron chi connectivity index (χ0n) is 8.53. The smallest absolute Gasteiger partial charge is 0.238 e. The van der Waals surface area contributed by atoms with E-state index in [1.165, 1.54) is 0 Å². The van der Waals surface area contributed by atoms with E-state index in [1.807, 2.05) is 0 Å². The Morgan fingerprint density at radius 1 is 1.06 bits per heavy atom. The predicted molar refractivity (Wildman–Crippen MR) is 68.1 cm³/mol. The van der Waals surface area contributed by atoms with Crippen molar-refractivity contribution in [2.45, 2.75) is 5.88 Å². The summed E-state index contributed by atoms with van der Waals surface area (Å²) in [6, 6.07) is 8.52. The van der Waals surface area contributed by atoms with Gasteiger partial charge in [0.2, 0.25) is 5.88 Å². The third kappa shape index (κ3) is 3.00. The molecule has 0 bridgehead atoms. The highest BCUT2D eigenvalue weighted by Crippen LogP contribution is 2.33. The molecule has 1 aromatic carbocycles. The summed E-state index contributed by atoms with van der Waals surface area (Å²) in [5.74, 6) is 1.08. The van der Waals surface area contributed by atoms with Gasteiger partial charge in [-0.2, -0.15) is 5.10 Å². The molecule has 0 aliphatic heterocycles. The molecule has 1 heterocycles. The van der Waals surface area contributed by atoms with Gasteiger partial charge in [0.25, 0.3) is 0 Å². The molecule has 0 spiro atoms. The summed E-state index contributed by atoms with van der Waals surface area (Å²) >= 11 is 17.4. The van der Waals surface area contributed by atoms with E-state index in [2.05, 4.69) is 10.2 Å². The van der Waals surface area contributed by atoms with E-state index in [4.69, 9.17) is 39.5 Å². The van der Waals surface area contributed by atoms with E-state index >= 15 is 0 Å². The minimum atomic E-state index is 0.311. The highest BCUT2D eigenvalue weighted by Gasteiger charge is 2.07. The Kier molecular flexibility index (Phi) is 4.05. The van der Waals surface area contributed by atoms with Crippen LogP contribution in [0.25, 0.3) is 0 Å². The average Bonchev–Trinajstić information content (AvgIpc) is 2.36. The third-order valence-electron chi connectivity index (χ3n) is 1.96. The fourth-order valence-corrected chi connectivity index (χ4v) is 1.62. The zero-order valence-corrected chi connectivity index (χ0v) is 10.8. The molecule has 0 radical (unpaired) electrons. The maximum Gasteiger partial charge on any atom is 0.238 e. The molecule has 0 atom stereocenters. The van der Waals surface area contributed by atoms with E-state index in [1.54, 1.807) is 30.3 Å². The molecule has 17 heavy (non-hydrogen) atoms. The number of rotatable bonds is 3. The molecule has 3 nitrogen and oxygen atoms in total. The van der Waals surface area contributed by atoms with Crippen molar-refractivity contribution < 1.29 is 4.74 Å². The first kappa shape index (κ1) is 12.4. The molecule has 2 aromatic rings. The van der Waals surface area contributed by atoms with Gasteiger partial charge in [0.05, 0.1) is 16.6 Å². The predicted octanol–water partition coefficient (Wildman–Crippen LogP) is 4.31. The molecule has 0 amide bonds. The number of hydrogen-bond donors (Lipinski definition) is 0. The summed E-state index contributed by atoms with van der Waals surface area (Å²) in [5.41, 5.74) is 0.677. The van der Waals surface area contributed by atoms with Crippen LogP contribution in [0.2, 0.25) is 10.0 Å². The minimum Gasteiger partial charge on any atom is -0.436 e. The van der Waals surface area contributed by atoms with Crippen molar-refractivity contribution in [2.24, 2.45) is 0 Å².